The van der Waals surface area contributed by atoms with Crippen LogP contribution in [-0.4, -0.2) is 20.4 Å². The molecule has 0 radical (unpaired) electrons. The topological polar surface area (TPSA) is 98.8 Å². The molecule has 4 rings (SSSR count). The number of benzene rings is 4. The largest absolute Gasteiger partial charge is 0.457 e. The maximum atomic E-state index is 13.2. The molecule has 0 aliphatic rings. The van der Waals surface area contributed by atoms with E-state index in [4.69, 9.17) is 9.47 Å². The summed E-state index contributed by atoms with van der Waals surface area (Å²) < 4.78 is 39.8. The lowest BCUT2D eigenvalue weighted by molar-refractivity contribution is 0.0473. The monoisotopic (exact) mass is 515 g/mol. The first-order valence-corrected chi connectivity index (χ1v) is 13.0. The van der Waals surface area contributed by atoms with Gasteiger partial charge in [-0.05, 0) is 47.9 Å². The molecule has 0 unspecified atom stereocenters. The summed E-state index contributed by atoms with van der Waals surface area (Å²) in [5, 5.41) is 0. The molecule has 1 N–H and O–H groups in total. The van der Waals surface area contributed by atoms with Crippen LogP contribution in [0, 0.1) is 6.92 Å². The highest BCUT2D eigenvalue weighted by molar-refractivity contribution is 7.92. The fourth-order valence-electron chi connectivity index (χ4n) is 3.58. The number of carbonyl (C=O) groups excluding carboxylic acids is 2. The second-order valence-corrected chi connectivity index (χ2v) is 9.96. The second-order valence-electron chi connectivity index (χ2n) is 8.27. The van der Waals surface area contributed by atoms with Crippen molar-refractivity contribution in [1.29, 1.82) is 0 Å². The molecule has 0 fully saturated rings. The van der Waals surface area contributed by atoms with Crippen LogP contribution in [0.5, 0.6) is 0 Å². The van der Waals surface area contributed by atoms with Crippen LogP contribution >= 0.6 is 0 Å². The van der Waals surface area contributed by atoms with Crippen molar-refractivity contribution in [2.75, 3.05) is 4.72 Å². The molecule has 0 aromatic heterocycles. The van der Waals surface area contributed by atoms with Crippen molar-refractivity contribution in [1.82, 2.24) is 0 Å². The van der Waals surface area contributed by atoms with Crippen molar-refractivity contribution in [3.8, 4) is 0 Å². The summed E-state index contributed by atoms with van der Waals surface area (Å²) in [5.74, 6) is -1.58. The molecule has 0 saturated carbocycles. The Kier molecular flexibility index (Phi) is 8.00. The Hall–Kier alpha value is -4.43. The molecule has 4 aromatic rings. The smallest absolute Gasteiger partial charge is 0.340 e. The molecule has 0 atom stereocenters. The molecular weight excluding hydrogens is 490 g/mol. The maximum absolute atomic E-state index is 13.2. The Bertz CT molecular complexity index is 1430. The fourth-order valence-corrected chi connectivity index (χ4v) is 4.79. The number of anilines is 1. The van der Waals surface area contributed by atoms with Crippen LogP contribution in [-0.2, 0) is 32.7 Å². The minimum Gasteiger partial charge on any atom is -0.457 e. The third kappa shape index (κ3) is 6.62. The molecule has 0 saturated heterocycles. The Morgan fingerprint density at radius 1 is 0.676 bits per heavy atom. The average molecular weight is 516 g/mol. The molecule has 188 valence electrons. The third-order valence-electron chi connectivity index (χ3n) is 5.47. The minimum absolute atomic E-state index is 0.0106. The summed E-state index contributed by atoms with van der Waals surface area (Å²) in [7, 11) is -4.15. The summed E-state index contributed by atoms with van der Waals surface area (Å²) >= 11 is 0. The molecular formula is C29H25NO6S. The van der Waals surface area contributed by atoms with E-state index in [-0.39, 0.29) is 34.9 Å². The number of rotatable bonds is 9. The van der Waals surface area contributed by atoms with Gasteiger partial charge in [0.1, 0.15) is 13.2 Å². The Morgan fingerprint density at radius 3 is 1.65 bits per heavy atom. The van der Waals surface area contributed by atoms with E-state index in [0.29, 0.717) is 0 Å². The van der Waals surface area contributed by atoms with Gasteiger partial charge in [0, 0.05) is 0 Å². The van der Waals surface area contributed by atoms with Crippen molar-refractivity contribution in [3.05, 3.63) is 131 Å². The quantitative estimate of drug-likeness (QED) is 0.295. The van der Waals surface area contributed by atoms with Crippen molar-refractivity contribution in [2.45, 2.75) is 25.0 Å². The molecule has 0 aliphatic carbocycles. The Balaban J connectivity index is 1.67. The van der Waals surface area contributed by atoms with Gasteiger partial charge in [0.2, 0.25) is 0 Å². The summed E-state index contributed by atoms with van der Waals surface area (Å²) in [5.41, 5.74) is 1.83. The second kappa shape index (κ2) is 11.5. The maximum Gasteiger partial charge on any atom is 0.340 e. The van der Waals surface area contributed by atoms with Gasteiger partial charge in [0.15, 0.2) is 0 Å². The van der Waals surface area contributed by atoms with E-state index in [1.807, 2.05) is 36.4 Å². The van der Waals surface area contributed by atoms with Crippen LogP contribution in [0.1, 0.15) is 37.4 Å². The zero-order valence-electron chi connectivity index (χ0n) is 20.1. The predicted molar refractivity (Wildman–Crippen MR) is 140 cm³/mol. The molecule has 4 aromatic carbocycles. The number of ether oxygens (including phenoxy) is 2. The fraction of sp³-hybridized carbons (Fsp3) is 0.103. The van der Waals surface area contributed by atoms with Gasteiger partial charge in [-0.15, -0.1) is 0 Å². The molecule has 0 amide bonds. The number of carbonyl (C=O) groups is 2. The average Bonchev–Trinajstić information content (AvgIpc) is 2.91. The SMILES string of the molecule is Cc1cccc(S(=O)(=O)Nc2c(C(=O)OCc3ccccc3)cccc2C(=O)OCc2ccccc2)c1. The van der Waals surface area contributed by atoms with Crippen molar-refractivity contribution in [3.63, 3.8) is 0 Å². The van der Waals surface area contributed by atoms with E-state index in [2.05, 4.69) is 4.72 Å². The number of hydrogen-bond donors (Lipinski definition) is 1. The molecule has 0 bridgehead atoms. The highest BCUT2D eigenvalue weighted by Gasteiger charge is 2.26. The number of aryl methyl sites for hydroxylation is 1. The van der Waals surface area contributed by atoms with Crippen molar-refractivity contribution in [2.24, 2.45) is 0 Å². The Morgan fingerprint density at radius 2 is 1.16 bits per heavy atom. The predicted octanol–water partition coefficient (Wildman–Crippen LogP) is 5.51. The third-order valence-corrected chi connectivity index (χ3v) is 6.81. The lowest BCUT2D eigenvalue weighted by atomic mass is 10.1. The summed E-state index contributed by atoms with van der Waals surface area (Å²) in [6.07, 6.45) is 0. The van der Waals surface area contributed by atoms with Gasteiger partial charge < -0.3 is 9.47 Å². The molecule has 7 nitrogen and oxygen atoms in total. The van der Waals surface area contributed by atoms with Crippen LogP contribution in [0.3, 0.4) is 0 Å². The zero-order valence-corrected chi connectivity index (χ0v) is 20.9. The molecule has 8 heteroatoms. The standard InChI is InChI=1S/C29H25NO6S/c1-21-10-8-15-24(18-21)37(33,34)30-27-25(28(31)35-19-22-11-4-2-5-12-22)16-9-17-26(27)29(32)36-20-23-13-6-3-7-14-23/h2-18,30H,19-20H2,1H3. The van der Waals surface area contributed by atoms with Gasteiger partial charge >= 0.3 is 11.9 Å². The number of para-hydroxylation sites is 1. The van der Waals surface area contributed by atoms with Crippen molar-refractivity contribution >= 4 is 27.6 Å². The molecule has 0 spiro atoms. The first-order chi connectivity index (χ1) is 17.8. The number of hydrogen-bond acceptors (Lipinski definition) is 6. The summed E-state index contributed by atoms with van der Waals surface area (Å²) in [6.45, 7) is 1.72. The van der Waals surface area contributed by atoms with Gasteiger partial charge in [-0.1, -0.05) is 78.9 Å². The highest BCUT2D eigenvalue weighted by atomic mass is 32.2. The van der Waals surface area contributed by atoms with Gasteiger partial charge in [-0.2, -0.15) is 0 Å². The van der Waals surface area contributed by atoms with E-state index in [1.54, 1.807) is 43.3 Å². The van der Waals surface area contributed by atoms with Gasteiger partial charge in [0.05, 0.1) is 21.7 Å². The highest BCUT2D eigenvalue weighted by Crippen LogP contribution is 2.27. The molecule has 0 aliphatic heterocycles. The van der Waals surface area contributed by atoms with E-state index in [1.165, 1.54) is 30.3 Å². The van der Waals surface area contributed by atoms with Crippen LogP contribution in [0.4, 0.5) is 5.69 Å². The normalized spacial score (nSPS) is 10.9. The van der Waals surface area contributed by atoms with Crippen LogP contribution in [0.2, 0.25) is 0 Å². The van der Waals surface area contributed by atoms with Gasteiger partial charge in [-0.3, -0.25) is 4.72 Å². The number of sulfonamides is 1. The first kappa shape index (κ1) is 25.7. The lowest BCUT2D eigenvalue weighted by Crippen LogP contribution is -2.20. The lowest BCUT2D eigenvalue weighted by Gasteiger charge is -2.16. The minimum atomic E-state index is -4.15. The zero-order chi connectivity index (χ0) is 26.3. The van der Waals surface area contributed by atoms with Gasteiger partial charge in [-0.25, -0.2) is 18.0 Å². The van der Waals surface area contributed by atoms with E-state index in [9.17, 15) is 18.0 Å². The van der Waals surface area contributed by atoms with Crippen molar-refractivity contribution < 1.29 is 27.5 Å². The molecule has 0 heterocycles. The summed E-state index contributed by atoms with van der Waals surface area (Å²) in [4.78, 5) is 26.1. The summed E-state index contributed by atoms with van der Waals surface area (Å²) in [6, 6.07) is 28.7. The van der Waals surface area contributed by atoms with Crippen LogP contribution < -0.4 is 4.72 Å². The number of nitrogens with one attached hydrogen (secondary N) is 1. The van der Waals surface area contributed by atoms with E-state index >= 15 is 0 Å². The van der Waals surface area contributed by atoms with Gasteiger partial charge in [0.25, 0.3) is 10.0 Å². The first-order valence-electron chi connectivity index (χ1n) is 11.5. The number of esters is 2. The van der Waals surface area contributed by atoms with Crippen LogP contribution in [0.25, 0.3) is 0 Å². The molecule has 37 heavy (non-hydrogen) atoms. The van der Waals surface area contributed by atoms with E-state index in [0.717, 1.165) is 16.7 Å². The van der Waals surface area contributed by atoms with Crippen LogP contribution in [0.15, 0.2) is 108 Å². The van der Waals surface area contributed by atoms with E-state index < -0.39 is 22.0 Å². The Labute approximate surface area is 215 Å².